The van der Waals surface area contributed by atoms with Crippen LogP contribution in [-0.2, 0) is 14.8 Å². The molecule has 1 aromatic heterocycles. The van der Waals surface area contributed by atoms with E-state index in [4.69, 9.17) is 5.11 Å². The summed E-state index contributed by atoms with van der Waals surface area (Å²) in [4.78, 5) is 10.9. The minimum absolute atomic E-state index is 0.0780. The van der Waals surface area contributed by atoms with Crippen LogP contribution in [0.4, 0.5) is 0 Å². The lowest BCUT2D eigenvalue weighted by Crippen LogP contribution is -2.42. The van der Waals surface area contributed by atoms with Gasteiger partial charge in [-0.15, -0.1) is 11.3 Å². The van der Waals surface area contributed by atoms with Crippen molar-refractivity contribution in [2.24, 2.45) is 5.92 Å². The molecule has 1 aliphatic heterocycles. The first-order valence-electron chi connectivity index (χ1n) is 5.69. The highest BCUT2D eigenvalue weighted by Crippen LogP contribution is 2.27. The highest BCUT2D eigenvalue weighted by molar-refractivity contribution is 7.91. The third kappa shape index (κ3) is 2.57. The molecule has 18 heavy (non-hydrogen) atoms. The Morgan fingerprint density at radius 3 is 2.83 bits per heavy atom. The monoisotopic (exact) mass is 289 g/mol. The van der Waals surface area contributed by atoms with Crippen LogP contribution in [0.1, 0.15) is 18.4 Å². The molecule has 0 amide bonds. The van der Waals surface area contributed by atoms with Crippen LogP contribution < -0.4 is 0 Å². The van der Waals surface area contributed by atoms with Crippen LogP contribution >= 0.6 is 11.3 Å². The predicted octanol–water partition coefficient (Wildman–Crippen LogP) is 1.54. The van der Waals surface area contributed by atoms with Crippen LogP contribution in [0.15, 0.2) is 15.7 Å². The van der Waals surface area contributed by atoms with Gasteiger partial charge in [-0.1, -0.05) is 0 Å². The van der Waals surface area contributed by atoms with Gasteiger partial charge < -0.3 is 5.11 Å². The van der Waals surface area contributed by atoms with Gasteiger partial charge in [0, 0.05) is 13.1 Å². The van der Waals surface area contributed by atoms with Crippen molar-refractivity contribution in [2.75, 3.05) is 13.1 Å². The van der Waals surface area contributed by atoms with Crippen molar-refractivity contribution in [3.63, 3.8) is 0 Å². The second kappa shape index (κ2) is 4.99. The largest absolute Gasteiger partial charge is 0.481 e. The summed E-state index contributed by atoms with van der Waals surface area (Å²) in [5, 5.41) is 10.8. The molecule has 1 aromatic rings. The SMILES string of the molecule is Cc1csc(S(=O)(=O)N2CCCC(C(=O)O)C2)c1. The zero-order valence-corrected chi connectivity index (χ0v) is 11.6. The Morgan fingerprint density at radius 1 is 1.56 bits per heavy atom. The maximum absolute atomic E-state index is 12.3. The van der Waals surface area contributed by atoms with E-state index in [0.29, 0.717) is 23.6 Å². The number of piperidine rings is 1. The van der Waals surface area contributed by atoms with E-state index in [2.05, 4.69) is 0 Å². The van der Waals surface area contributed by atoms with E-state index < -0.39 is 21.9 Å². The Labute approximate surface area is 110 Å². The molecule has 1 aliphatic rings. The van der Waals surface area contributed by atoms with Gasteiger partial charge in [-0.3, -0.25) is 4.79 Å². The number of thiophene rings is 1. The molecule has 1 unspecified atom stereocenters. The van der Waals surface area contributed by atoms with E-state index in [1.165, 1.54) is 15.6 Å². The summed E-state index contributed by atoms with van der Waals surface area (Å²) in [6.07, 6.45) is 1.14. The number of carboxylic acids is 1. The van der Waals surface area contributed by atoms with Crippen LogP contribution in [0.3, 0.4) is 0 Å². The maximum Gasteiger partial charge on any atom is 0.307 e. The molecule has 2 rings (SSSR count). The molecule has 1 N–H and O–H groups in total. The fourth-order valence-electron chi connectivity index (χ4n) is 2.03. The standard InChI is InChI=1S/C11H15NO4S2/c1-8-5-10(17-7-8)18(15,16)12-4-2-3-9(6-12)11(13)14/h5,7,9H,2-4,6H2,1H3,(H,13,14). The Kier molecular flexibility index (Phi) is 3.74. The van der Waals surface area contributed by atoms with E-state index in [1.807, 2.05) is 6.92 Å². The summed E-state index contributed by atoms with van der Waals surface area (Å²) < 4.78 is 26.2. The number of rotatable bonds is 3. The Bertz CT molecular complexity index is 549. The maximum atomic E-state index is 12.3. The van der Waals surface area contributed by atoms with Crippen LogP contribution in [-0.4, -0.2) is 36.9 Å². The highest BCUT2D eigenvalue weighted by atomic mass is 32.2. The molecular weight excluding hydrogens is 274 g/mol. The molecule has 0 aliphatic carbocycles. The van der Waals surface area contributed by atoms with Gasteiger partial charge in [0.25, 0.3) is 10.0 Å². The lowest BCUT2D eigenvalue weighted by Gasteiger charge is -2.29. The van der Waals surface area contributed by atoms with E-state index in [1.54, 1.807) is 11.4 Å². The van der Waals surface area contributed by atoms with Gasteiger partial charge in [0.15, 0.2) is 0 Å². The number of aryl methyl sites for hydroxylation is 1. The van der Waals surface area contributed by atoms with Crippen molar-refractivity contribution in [2.45, 2.75) is 24.0 Å². The van der Waals surface area contributed by atoms with Gasteiger partial charge >= 0.3 is 5.97 Å². The van der Waals surface area contributed by atoms with Crippen molar-refractivity contribution in [1.29, 1.82) is 0 Å². The molecule has 7 heteroatoms. The predicted molar refractivity (Wildman–Crippen MR) is 68.2 cm³/mol. The molecule has 1 fully saturated rings. The number of hydrogen-bond donors (Lipinski definition) is 1. The van der Waals surface area contributed by atoms with Crippen LogP contribution in [0, 0.1) is 12.8 Å². The van der Waals surface area contributed by atoms with Gasteiger partial charge in [-0.25, -0.2) is 8.42 Å². The molecule has 5 nitrogen and oxygen atoms in total. The molecule has 0 radical (unpaired) electrons. The van der Waals surface area contributed by atoms with Crippen LogP contribution in [0.5, 0.6) is 0 Å². The summed E-state index contributed by atoms with van der Waals surface area (Å²) in [6, 6.07) is 1.63. The fourth-order valence-corrected chi connectivity index (χ4v) is 4.94. The van der Waals surface area contributed by atoms with Gasteiger partial charge in [-0.2, -0.15) is 4.31 Å². The fraction of sp³-hybridized carbons (Fsp3) is 0.545. The van der Waals surface area contributed by atoms with E-state index in [-0.39, 0.29) is 6.54 Å². The first kappa shape index (κ1) is 13.5. The zero-order chi connectivity index (χ0) is 13.3. The average molecular weight is 289 g/mol. The third-order valence-electron chi connectivity index (χ3n) is 3.03. The number of nitrogens with zero attached hydrogens (tertiary/aromatic N) is 1. The minimum atomic E-state index is -3.52. The van der Waals surface area contributed by atoms with Crippen LogP contribution in [0.25, 0.3) is 0 Å². The molecule has 0 aromatic carbocycles. The van der Waals surface area contributed by atoms with E-state index in [0.717, 1.165) is 5.56 Å². The summed E-state index contributed by atoms with van der Waals surface area (Å²) in [5.74, 6) is -1.51. The Hall–Kier alpha value is -0.920. The molecule has 0 bridgehead atoms. The molecule has 1 atom stereocenters. The lowest BCUT2D eigenvalue weighted by atomic mass is 10.0. The van der Waals surface area contributed by atoms with Crippen molar-refractivity contribution in [3.05, 3.63) is 17.0 Å². The average Bonchev–Trinajstić information content (AvgIpc) is 2.77. The molecule has 1 saturated heterocycles. The Morgan fingerprint density at radius 2 is 2.28 bits per heavy atom. The van der Waals surface area contributed by atoms with Gasteiger partial charge in [-0.05, 0) is 36.8 Å². The number of sulfonamides is 1. The summed E-state index contributed by atoms with van der Waals surface area (Å²) in [5.41, 5.74) is 0.908. The highest BCUT2D eigenvalue weighted by Gasteiger charge is 2.33. The number of carboxylic acid groups (broad SMARTS) is 1. The van der Waals surface area contributed by atoms with Crippen molar-refractivity contribution < 1.29 is 18.3 Å². The number of carbonyl (C=O) groups is 1. The third-order valence-corrected chi connectivity index (χ3v) is 6.43. The van der Waals surface area contributed by atoms with Crippen LogP contribution in [0.2, 0.25) is 0 Å². The van der Waals surface area contributed by atoms with Gasteiger partial charge in [0.1, 0.15) is 4.21 Å². The molecular formula is C11H15NO4S2. The number of aliphatic carboxylic acids is 1. The zero-order valence-electron chi connectivity index (χ0n) is 10.00. The van der Waals surface area contributed by atoms with Gasteiger partial charge in [0.05, 0.1) is 5.92 Å². The second-order valence-corrected chi connectivity index (χ2v) is 7.56. The molecule has 2 heterocycles. The quantitative estimate of drug-likeness (QED) is 0.916. The van der Waals surface area contributed by atoms with Crippen molar-refractivity contribution in [3.8, 4) is 0 Å². The second-order valence-electron chi connectivity index (χ2n) is 4.48. The van der Waals surface area contributed by atoms with E-state index in [9.17, 15) is 13.2 Å². The number of hydrogen-bond acceptors (Lipinski definition) is 4. The Balaban J connectivity index is 2.22. The minimum Gasteiger partial charge on any atom is -0.481 e. The van der Waals surface area contributed by atoms with E-state index >= 15 is 0 Å². The van der Waals surface area contributed by atoms with Crippen molar-refractivity contribution in [1.82, 2.24) is 4.31 Å². The molecule has 0 saturated carbocycles. The van der Waals surface area contributed by atoms with Crippen molar-refractivity contribution >= 4 is 27.3 Å². The van der Waals surface area contributed by atoms with Gasteiger partial charge in [0.2, 0.25) is 0 Å². The smallest absolute Gasteiger partial charge is 0.307 e. The lowest BCUT2D eigenvalue weighted by molar-refractivity contribution is -0.142. The molecule has 0 spiro atoms. The summed E-state index contributed by atoms with van der Waals surface area (Å²) in [7, 11) is -3.52. The topological polar surface area (TPSA) is 74.7 Å². The summed E-state index contributed by atoms with van der Waals surface area (Å²) >= 11 is 1.18. The first-order chi connectivity index (χ1) is 8.41. The first-order valence-corrected chi connectivity index (χ1v) is 8.01. The normalized spacial score (nSPS) is 21.9. The molecule has 100 valence electrons. The summed E-state index contributed by atoms with van der Waals surface area (Å²) in [6.45, 7) is 2.32.